The van der Waals surface area contributed by atoms with E-state index in [-0.39, 0.29) is 24.0 Å². The van der Waals surface area contributed by atoms with E-state index in [4.69, 9.17) is 0 Å². The smallest absolute Gasteiger partial charge is 0.226 e. The van der Waals surface area contributed by atoms with Crippen molar-refractivity contribution < 1.29 is 28.5 Å². The summed E-state index contributed by atoms with van der Waals surface area (Å²) in [6, 6.07) is 19.1. The van der Waals surface area contributed by atoms with E-state index in [1.54, 1.807) is 11.3 Å². The Bertz CT molecular complexity index is 604. The summed E-state index contributed by atoms with van der Waals surface area (Å²) in [7, 11) is 0. The summed E-state index contributed by atoms with van der Waals surface area (Å²) < 4.78 is 3.65. The van der Waals surface area contributed by atoms with Gasteiger partial charge in [0.05, 0.1) is 0 Å². The molecule has 0 saturated carbocycles. The number of halogens is 1. The Balaban J connectivity index is 0.00000108. The predicted octanol–water partition coefficient (Wildman–Crippen LogP) is 0.241. The molecule has 0 aliphatic carbocycles. The van der Waals surface area contributed by atoms with Gasteiger partial charge in [-0.1, -0.05) is 53.8 Å². The largest absolute Gasteiger partial charge is 1.00 e. The Hall–Kier alpha value is -0.940. The van der Waals surface area contributed by atoms with E-state index < -0.39 is 0 Å². The maximum Gasteiger partial charge on any atom is 0.226 e. The average Bonchev–Trinajstić information content (AvgIpc) is 2.74. The number of para-hydroxylation sites is 1. The molecule has 0 aliphatic rings. The normalized spacial score (nSPS) is 10.1. The van der Waals surface area contributed by atoms with Gasteiger partial charge in [0.2, 0.25) is 11.0 Å². The first kappa shape index (κ1) is 12.5. The fourth-order valence-corrected chi connectivity index (χ4v) is 2.77. The number of benzene rings is 2. The highest BCUT2D eigenvalue weighted by atomic mass is 127. The highest BCUT2D eigenvalue weighted by molar-refractivity contribution is 7.16. The molecule has 0 bridgehead atoms. The lowest BCUT2D eigenvalue weighted by Gasteiger charge is -1.95. The van der Waals surface area contributed by atoms with Crippen LogP contribution in [0.25, 0.3) is 10.2 Å². The van der Waals surface area contributed by atoms with Crippen LogP contribution in [0, 0.1) is 0 Å². The molecule has 0 aliphatic heterocycles. The van der Waals surface area contributed by atoms with Crippen LogP contribution in [0.5, 0.6) is 0 Å². The minimum atomic E-state index is 0. The molecular formula is C14H12INS. The maximum atomic E-state index is 2.30. The number of fused-ring (bicyclic) bond motifs is 1. The van der Waals surface area contributed by atoms with Gasteiger partial charge in [-0.25, -0.2) is 0 Å². The second-order valence-electron chi connectivity index (χ2n) is 3.80. The lowest BCUT2D eigenvalue weighted by atomic mass is 10.2. The van der Waals surface area contributed by atoms with Crippen LogP contribution >= 0.6 is 11.3 Å². The van der Waals surface area contributed by atoms with Gasteiger partial charge >= 0.3 is 0 Å². The third-order valence-electron chi connectivity index (χ3n) is 2.68. The van der Waals surface area contributed by atoms with Crippen molar-refractivity contribution in [2.75, 3.05) is 0 Å². The Kier molecular flexibility index (Phi) is 4.12. The number of hydrogen-bond donors (Lipinski definition) is 0. The van der Waals surface area contributed by atoms with E-state index in [0.29, 0.717) is 0 Å². The Morgan fingerprint density at radius 3 is 2.41 bits per heavy atom. The molecule has 1 heterocycles. The van der Waals surface area contributed by atoms with E-state index in [9.17, 15) is 0 Å². The first-order chi connectivity index (χ1) is 7.93. The van der Waals surface area contributed by atoms with E-state index in [2.05, 4.69) is 64.7 Å². The number of nitrogens with zero attached hydrogens (tertiary/aromatic N) is 1. The van der Waals surface area contributed by atoms with Crippen LogP contribution in [-0.4, -0.2) is 0 Å². The summed E-state index contributed by atoms with van der Waals surface area (Å²) in [4.78, 5) is 0. The molecule has 0 fully saturated rings. The average molecular weight is 353 g/mol. The standard InChI is InChI=1S/C14H12NS.HI/c1-2-6-12(7-3-1)10-15-11-16-14-9-5-4-8-13(14)15;/h1-9,11H,10H2;1H/q+1;/p-1. The summed E-state index contributed by atoms with van der Waals surface area (Å²) in [5.74, 6) is 0. The zero-order chi connectivity index (χ0) is 10.8. The molecule has 0 saturated heterocycles. The summed E-state index contributed by atoms with van der Waals surface area (Å²) in [5.41, 5.74) is 4.85. The molecule has 0 radical (unpaired) electrons. The van der Waals surface area contributed by atoms with E-state index in [1.807, 2.05) is 0 Å². The maximum absolute atomic E-state index is 2.30. The molecule has 0 N–H and O–H groups in total. The monoisotopic (exact) mass is 353 g/mol. The molecule has 0 spiro atoms. The summed E-state index contributed by atoms with van der Waals surface area (Å²) in [6.45, 7) is 0.949. The molecule has 2 aromatic carbocycles. The van der Waals surface area contributed by atoms with Gasteiger partial charge in [-0.15, -0.1) is 0 Å². The fourth-order valence-electron chi connectivity index (χ4n) is 1.87. The summed E-state index contributed by atoms with van der Waals surface area (Å²) in [6.07, 6.45) is 0. The third kappa shape index (κ3) is 2.66. The van der Waals surface area contributed by atoms with Crippen molar-refractivity contribution in [2.24, 2.45) is 0 Å². The molecule has 3 rings (SSSR count). The highest BCUT2D eigenvalue weighted by Crippen LogP contribution is 2.15. The molecule has 86 valence electrons. The second-order valence-corrected chi connectivity index (χ2v) is 4.69. The van der Waals surface area contributed by atoms with Crippen molar-refractivity contribution >= 4 is 21.6 Å². The summed E-state index contributed by atoms with van der Waals surface area (Å²) in [5, 5.41) is 0. The van der Waals surface area contributed by atoms with Crippen molar-refractivity contribution in [3.63, 3.8) is 0 Å². The van der Waals surface area contributed by atoms with Gasteiger partial charge in [0, 0.05) is 11.6 Å². The van der Waals surface area contributed by atoms with Gasteiger partial charge in [0.1, 0.15) is 4.70 Å². The van der Waals surface area contributed by atoms with Gasteiger partial charge < -0.3 is 24.0 Å². The van der Waals surface area contributed by atoms with Crippen LogP contribution in [0.3, 0.4) is 0 Å². The number of aromatic nitrogens is 1. The van der Waals surface area contributed by atoms with Crippen molar-refractivity contribution in [3.8, 4) is 0 Å². The second kappa shape index (κ2) is 5.60. The molecule has 1 nitrogen and oxygen atoms in total. The van der Waals surface area contributed by atoms with Gasteiger partial charge in [-0.2, -0.15) is 4.57 Å². The Morgan fingerprint density at radius 2 is 1.59 bits per heavy atom. The van der Waals surface area contributed by atoms with Crippen LogP contribution in [0.1, 0.15) is 5.56 Å². The van der Waals surface area contributed by atoms with Crippen molar-refractivity contribution in [1.82, 2.24) is 0 Å². The van der Waals surface area contributed by atoms with Gasteiger partial charge in [0.25, 0.3) is 0 Å². The molecule has 0 unspecified atom stereocenters. The minimum absolute atomic E-state index is 0. The topological polar surface area (TPSA) is 3.88 Å². The zero-order valence-corrected chi connectivity index (χ0v) is 12.2. The summed E-state index contributed by atoms with van der Waals surface area (Å²) >= 11 is 1.80. The molecule has 3 aromatic rings. The van der Waals surface area contributed by atoms with Crippen molar-refractivity contribution in [1.29, 1.82) is 0 Å². The van der Waals surface area contributed by atoms with Crippen LogP contribution in [0.2, 0.25) is 0 Å². The number of thiazole rings is 1. The highest BCUT2D eigenvalue weighted by Gasteiger charge is 2.10. The number of rotatable bonds is 2. The van der Waals surface area contributed by atoms with Crippen LogP contribution in [0.15, 0.2) is 60.1 Å². The number of hydrogen-bond acceptors (Lipinski definition) is 1. The SMILES string of the molecule is [I-].c1ccc(C[n+]2csc3ccccc32)cc1. The Morgan fingerprint density at radius 1 is 0.882 bits per heavy atom. The van der Waals surface area contributed by atoms with E-state index in [1.165, 1.54) is 15.8 Å². The first-order valence-electron chi connectivity index (χ1n) is 5.33. The predicted molar refractivity (Wildman–Crippen MR) is 67.6 cm³/mol. The van der Waals surface area contributed by atoms with Gasteiger partial charge in [-0.05, 0) is 6.07 Å². The first-order valence-corrected chi connectivity index (χ1v) is 6.21. The van der Waals surface area contributed by atoms with Crippen molar-refractivity contribution in [2.45, 2.75) is 6.54 Å². The van der Waals surface area contributed by atoms with E-state index in [0.717, 1.165) is 6.54 Å². The van der Waals surface area contributed by atoms with Gasteiger partial charge in [-0.3, -0.25) is 0 Å². The lowest BCUT2D eigenvalue weighted by Crippen LogP contribution is -3.00. The van der Waals surface area contributed by atoms with Gasteiger partial charge in [0.15, 0.2) is 6.54 Å². The molecule has 17 heavy (non-hydrogen) atoms. The quantitative estimate of drug-likeness (QED) is 0.459. The lowest BCUT2D eigenvalue weighted by molar-refractivity contribution is -0.658. The van der Waals surface area contributed by atoms with Crippen LogP contribution < -0.4 is 28.5 Å². The molecule has 0 amide bonds. The minimum Gasteiger partial charge on any atom is -1.00 e. The molecule has 1 aromatic heterocycles. The third-order valence-corrected chi connectivity index (χ3v) is 3.64. The zero-order valence-electron chi connectivity index (χ0n) is 9.21. The van der Waals surface area contributed by atoms with E-state index >= 15 is 0 Å². The van der Waals surface area contributed by atoms with Crippen LogP contribution in [-0.2, 0) is 6.54 Å². The fraction of sp³-hybridized carbons (Fsp3) is 0.0714. The van der Waals surface area contributed by atoms with Crippen LogP contribution in [0.4, 0.5) is 0 Å². The van der Waals surface area contributed by atoms with Crippen molar-refractivity contribution in [3.05, 3.63) is 65.7 Å². The molecular weight excluding hydrogens is 341 g/mol. The molecule has 0 atom stereocenters. The molecule has 3 heteroatoms. The Labute approximate surface area is 122 Å².